The molecule has 18 heavy (non-hydrogen) atoms. The third-order valence-electron chi connectivity index (χ3n) is 2.52. The first-order chi connectivity index (χ1) is 8.52. The predicted molar refractivity (Wildman–Crippen MR) is 64.7 cm³/mol. The first-order valence-electron chi connectivity index (χ1n) is 5.36. The van der Waals surface area contributed by atoms with E-state index < -0.39 is 11.8 Å². The summed E-state index contributed by atoms with van der Waals surface area (Å²) in [6.07, 6.45) is 0.176. The van der Waals surface area contributed by atoms with Gasteiger partial charge in [0.05, 0.1) is 18.1 Å². The number of esters is 1. The van der Waals surface area contributed by atoms with Crippen LogP contribution in [0.1, 0.15) is 22.8 Å². The number of hydrogen-bond acceptors (Lipinski definition) is 4. The van der Waals surface area contributed by atoms with Crippen molar-refractivity contribution in [2.75, 3.05) is 11.9 Å². The van der Waals surface area contributed by atoms with Crippen LogP contribution >= 0.6 is 11.6 Å². The Labute approximate surface area is 108 Å². The van der Waals surface area contributed by atoms with Crippen LogP contribution in [-0.4, -0.2) is 24.3 Å². The predicted octanol–water partition coefficient (Wildman–Crippen LogP) is 1.58. The Bertz CT molecular complexity index is 553. The molecule has 0 bridgehead atoms. The average Bonchev–Trinajstić information content (AvgIpc) is 2.66. The monoisotopic (exact) mass is 267 g/mol. The number of benzene rings is 1. The van der Waals surface area contributed by atoms with Gasteiger partial charge >= 0.3 is 5.97 Å². The fourth-order valence-electron chi connectivity index (χ4n) is 1.73. The second-order valence-electron chi connectivity index (χ2n) is 3.76. The van der Waals surface area contributed by atoms with Crippen LogP contribution in [0.3, 0.4) is 0 Å². The lowest BCUT2D eigenvalue weighted by Crippen LogP contribution is -2.18. The van der Waals surface area contributed by atoms with E-state index >= 15 is 0 Å². The number of nitrogens with one attached hydrogen (secondary N) is 1. The number of carbonyl (C=O) groups is 3. The van der Waals surface area contributed by atoms with Gasteiger partial charge in [0.15, 0.2) is 0 Å². The maximum atomic E-state index is 11.8. The van der Waals surface area contributed by atoms with E-state index in [9.17, 15) is 14.4 Å². The molecule has 1 aliphatic heterocycles. The Morgan fingerprint density at radius 3 is 2.83 bits per heavy atom. The molecule has 2 rings (SSSR count). The summed E-state index contributed by atoms with van der Waals surface area (Å²) < 4.78 is 4.62. The lowest BCUT2D eigenvalue weighted by Gasteiger charge is -2.06. The number of carbonyl (C=O) groups excluding carboxylic acids is 3. The van der Waals surface area contributed by atoms with Crippen molar-refractivity contribution >= 4 is 34.9 Å². The molecular weight excluding hydrogens is 258 g/mol. The Morgan fingerprint density at radius 2 is 2.17 bits per heavy atom. The van der Waals surface area contributed by atoms with Crippen LogP contribution in [0.5, 0.6) is 0 Å². The number of ketones is 1. The molecule has 0 fully saturated rings. The maximum absolute atomic E-state index is 11.8. The Hall–Kier alpha value is -1.88. The van der Waals surface area contributed by atoms with E-state index in [1.165, 1.54) is 12.1 Å². The molecular formula is C12H10ClNO4. The van der Waals surface area contributed by atoms with Gasteiger partial charge in [-0.25, -0.2) is 4.79 Å². The first kappa shape index (κ1) is 12.6. The quantitative estimate of drug-likeness (QED) is 0.513. The van der Waals surface area contributed by atoms with Crippen LogP contribution in [0, 0.1) is 0 Å². The number of hydrogen-bond donors (Lipinski definition) is 1. The summed E-state index contributed by atoms with van der Waals surface area (Å²) in [5.41, 5.74) is 1.29. The van der Waals surface area contributed by atoms with Crippen molar-refractivity contribution in [2.45, 2.75) is 13.3 Å². The van der Waals surface area contributed by atoms with E-state index in [0.717, 1.165) is 0 Å². The summed E-state index contributed by atoms with van der Waals surface area (Å²) in [6, 6.07) is 2.92. The Balaban J connectivity index is 2.35. The SMILES string of the molecule is CCOC(=O)C(=O)c1cc2c(cc1Cl)NC(=O)C2. The van der Waals surface area contributed by atoms with Crippen molar-refractivity contribution in [3.8, 4) is 0 Å². The maximum Gasteiger partial charge on any atom is 0.379 e. The number of Topliss-reactive ketones (excluding diaryl/α,β-unsaturated/α-hetero) is 1. The first-order valence-corrected chi connectivity index (χ1v) is 5.74. The molecule has 5 nitrogen and oxygen atoms in total. The van der Waals surface area contributed by atoms with Gasteiger partial charge in [-0.05, 0) is 24.6 Å². The molecule has 6 heteroatoms. The van der Waals surface area contributed by atoms with Crippen LogP contribution < -0.4 is 5.32 Å². The van der Waals surface area contributed by atoms with Gasteiger partial charge in [-0.2, -0.15) is 0 Å². The highest BCUT2D eigenvalue weighted by Crippen LogP contribution is 2.30. The van der Waals surface area contributed by atoms with E-state index in [-0.39, 0.29) is 29.5 Å². The molecule has 0 atom stereocenters. The summed E-state index contributed by atoms with van der Waals surface area (Å²) >= 11 is 5.91. The van der Waals surface area contributed by atoms with Crippen LogP contribution in [0.15, 0.2) is 12.1 Å². The molecule has 0 unspecified atom stereocenters. The zero-order valence-electron chi connectivity index (χ0n) is 9.58. The smallest absolute Gasteiger partial charge is 0.379 e. The van der Waals surface area contributed by atoms with E-state index in [0.29, 0.717) is 11.3 Å². The molecule has 1 amide bonds. The van der Waals surface area contributed by atoms with Crippen molar-refractivity contribution in [2.24, 2.45) is 0 Å². The largest absolute Gasteiger partial charge is 0.460 e. The van der Waals surface area contributed by atoms with Crippen LogP contribution in [0.4, 0.5) is 5.69 Å². The molecule has 0 saturated heterocycles. The highest BCUT2D eigenvalue weighted by molar-refractivity contribution is 6.45. The lowest BCUT2D eigenvalue weighted by atomic mass is 10.1. The third-order valence-corrected chi connectivity index (χ3v) is 2.84. The number of rotatable bonds is 3. The standard InChI is InChI=1S/C12H10ClNO4/c1-2-18-12(17)11(16)7-3-6-4-10(15)14-9(6)5-8(7)13/h3,5H,2,4H2,1H3,(H,14,15). The summed E-state index contributed by atoms with van der Waals surface area (Å²) in [5, 5.41) is 2.73. The van der Waals surface area contributed by atoms with Gasteiger partial charge in [-0.3, -0.25) is 9.59 Å². The molecule has 1 heterocycles. The minimum Gasteiger partial charge on any atom is -0.460 e. The molecule has 0 aromatic heterocycles. The molecule has 1 aliphatic rings. The minimum absolute atomic E-state index is 0.0605. The van der Waals surface area contributed by atoms with Gasteiger partial charge in [0.25, 0.3) is 5.78 Å². The summed E-state index contributed by atoms with van der Waals surface area (Å²) in [6.45, 7) is 1.73. The van der Waals surface area contributed by atoms with Gasteiger partial charge in [0, 0.05) is 11.3 Å². The van der Waals surface area contributed by atoms with Crippen LogP contribution in [0.25, 0.3) is 0 Å². The van der Waals surface area contributed by atoms with Crippen molar-refractivity contribution in [1.82, 2.24) is 0 Å². The zero-order valence-corrected chi connectivity index (χ0v) is 10.3. The summed E-state index contributed by atoms with van der Waals surface area (Å²) in [4.78, 5) is 34.3. The van der Waals surface area contributed by atoms with E-state index in [2.05, 4.69) is 10.1 Å². The van der Waals surface area contributed by atoms with Gasteiger partial charge < -0.3 is 10.1 Å². The zero-order chi connectivity index (χ0) is 13.3. The van der Waals surface area contributed by atoms with Crippen molar-refractivity contribution in [3.63, 3.8) is 0 Å². The summed E-state index contributed by atoms with van der Waals surface area (Å²) in [5.74, 6) is -1.91. The van der Waals surface area contributed by atoms with E-state index in [1.807, 2.05) is 0 Å². The number of fused-ring (bicyclic) bond motifs is 1. The fraction of sp³-hybridized carbons (Fsp3) is 0.250. The third kappa shape index (κ3) is 2.22. The molecule has 1 N–H and O–H groups in total. The highest BCUT2D eigenvalue weighted by atomic mass is 35.5. The van der Waals surface area contributed by atoms with Gasteiger partial charge in [-0.15, -0.1) is 0 Å². The second-order valence-corrected chi connectivity index (χ2v) is 4.17. The molecule has 0 spiro atoms. The number of amides is 1. The fourth-order valence-corrected chi connectivity index (χ4v) is 1.98. The van der Waals surface area contributed by atoms with E-state index in [4.69, 9.17) is 11.6 Å². The van der Waals surface area contributed by atoms with Crippen LogP contribution in [0.2, 0.25) is 5.02 Å². The topological polar surface area (TPSA) is 72.5 Å². The van der Waals surface area contributed by atoms with Gasteiger partial charge in [0.1, 0.15) is 0 Å². The molecule has 0 radical (unpaired) electrons. The molecule has 1 aromatic carbocycles. The second kappa shape index (κ2) is 4.78. The molecule has 94 valence electrons. The van der Waals surface area contributed by atoms with Gasteiger partial charge in [0.2, 0.25) is 5.91 Å². The molecule has 0 saturated carbocycles. The van der Waals surface area contributed by atoms with E-state index in [1.54, 1.807) is 6.92 Å². The Kier molecular flexibility index (Phi) is 3.34. The molecule has 0 aliphatic carbocycles. The highest BCUT2D eigenvalue weighted by Gasteiger charge is 2.25. The lowest BCUT2D eigenvalue weighted by molar-refractivity contribution is -0.137. The number of anilines is 1. The average molecular weight is 268 g/mol. The normalized spacial score (nSPS) is 12.9. The van der Waals surface area contributed by atoms with Crippen molar-refractivity contribution in [3.05, 3.63) is 28.3 Å². The minimum atomic E-state index is -0.948. The van der Waals surface area contributed by atoms with Crippen LogP contribution in [-0.2, 0) is 20.7 Å². The van der Waals surface area contributed by atoms with Crippen molar-refractivity contribution < 1.29 is 19.1 Å². The molecule has 1 aromatic rings. The summed E-state index contributed by atoms with van der Waals surface area (Å²) in [7, 11) is 0. The number of ether oxygens (including phenoxy) is 1. The Morgan fingerprint density at radius 1 is 1.44 bits per heavy atom. The van der Waals surface area contributed by atoms with Crippen molar-refractivity contribution in [1.29, 1.82) is 0 Å². The number of halogens is 1. The van der Waals surface area contributed by atoms with Gasteiger partial charge in [-0.1, -0.05) is 11.6 Å².